The quantitative estimate of drug-likeness (QED) is 0.847. The number of carbonyl (C=O) groups is 1. The minimum absolute atomic E-state index is 0.0179. The van der Waals surface area contributed by atoms with Gasteiger partial charge >= 0.3 is 5.97 Å². The zero-order chi connectivity index (χ0) is 11.9. The third-order valence-electron chi connectivity index (χ3n) is 2.73. The lowest BCUT2D eigenvalue weighted by Gasteiger charge is -2.09. The molecule has 0 spiro atoms. The fourth-order valence-electron chi connectivity index (χ4n) is 1.72. The zero-order valence-electron chi connectivity index (χ0n) is 8.13. The van der Waals surface area contributed by atoms with E-state index >= 15 is 0 Å². The van der Waals surface area contributed by atoms with Gasteiger partial charge in [-0.2, -0.15) is 0 Å². The van der Waals surface area contributed by atoms with E-state index in [2.05, 4.69) is 20.8 Å². The highest BCUT2D eigenvalue weighted by molar-refractivity contribution is 9.10. The van der Waals surface area contributed by atoms with Gasteiger partial charge < -0.3 is 9.95 Å². The van der Waals surface area contributed by atoms with Gasteiger partial charge in [0.1, 0.15) is 5.82 Å². The fourth-order valence-corrected chi connectivity index (χ4v) is 2.05. The molecule has 1 aromatic rings. The third-order valence-corrected chi connectivity index (χ3v) is 3.34. The average molecular weight is 284 g/mol. The number of rotatable bonds is 2. The van der Waals surface area contributed by atoms with Crippen LogP contribution in [0.2, 0.25) is 0 Å². The first-order chi connectivity index (χ1) is 7.52. The van der Waals surface area contributed by atoms with Crippen LogP contribution in [0.15, 0.2) is 16.6 Å². The van der Waals surface area contributed by atoms with Crippen molar-refractivity contribution in [3.05, 3.63) is 45.0 Å². The Hall–Kier alpha value is -1.41. The lowest BCUT2D eigenvalue weighted by atomic mass is 9.98. The molecule has 16 heavy (non-hydrogen) atoms. The molecule has 1 aromatic carbocycles. The Bertz CT molecular complexity index is 517. The molecule has 1 aliphatic rings. The van der Waals surface area contributed by atoms with E-state index in [-0.39, 0.29) is 15.6 Å². The predicted molar refractivity (Wildman–Crippen MR) is 58.6 cm³/mol. The van der Waals surface area contributed by atoms with Gasteiger partial charge in [0, 0.05) is 12.8 Å². The van der Waals surface area contributed by atoms with Gasteiger partial charge in [-0.25, -0.2) is 15.8 Å². The Morgan fingerprint density at radius 2 is 2.19 bits per heavy atom. The van der Waals surface area contributed by atoms with Crippen LogP contribution in [0.3, 0.4) is 0 Å². The second-order valence-corrected chi connectivity index (χ2v) is 4.59. The van der Waals surface area contributed by atoms with Gasteiger partial charge in [0.25, 0.3) is 5.54 Å². The number of nitrogens with zero attached hydrogens (tertiary/aromatic N) is 1. The van der Waals surface area contributed by atoms with E-state index in [1.807, 2.05) is 0 Å². The molecule has 0 bridgehead atoms. The van der Waals surface area contributed by atoms with Crippen LogP contribution in [0.4, 0.5) is 4.39 Å². The van der Waals surface area contributed by atoms with E-state index in [4.69, 9.17) is 11.7 Å². The second-order valence-electron chi connectivity index (χ2n) is 3.73. The number of hydrogen-bond acceptors (Lipinski definition) is 1. The Balaban J connectivity index is 2.71. The van der Waals surface area contributed by atoms with Crippen LogP contribution >= 0.6 is 15.9 Å². The minimum Gasteiger partial charge on any atom is -0.478 e. The molecule has 5 heteroatoms. The first kappa shape index (κ1) is 11.1. The molecule has 0 saturated heterocycles. The number of benzene rings is 1. The lowest BCUT2D eigenvalue weighted by Crippen LogP contribution is -2.12. The molecule has 0 atom stereocenters. The summed E-state index contributed by atoms with van der Waals surface area (Å²) in [7, 11) is 0. The summed E-state index contributed by atoms with van der Waals surface area (Å²) >= 11 is 3.01. The molecule has 1 aliphatic carbocycles. The lowest BCUT2D eigenvalue weighted by molar-refractivity contribution is 0.0694. The van der Waals surface area contributed by atoms with Crippen molar-refractivity contribution in [2.75, 3.05) is 0 Å². The number of aromatic carboxylic acids is 1. The first-order valence-corrected chi connectivity index (χ1v) is 5.41. The number of carboxylic acids is 1. The van der Waals surface area contributed by atoms with Crippen LogP contribution in [0, 0.1) is 12.4 Å². The Kier molecular flexibility index (Phi) is 2.47. The fraction of sp³-hybridized carbons (Fsp3) is 0.273. The standard InChI is InChI=1S/C11H7BrFNO2/c1-14-11(4-5-11)8-6(10(15)16)2-3-7(12)9(8)13/h2-3H,4-5H2,(H,15,16). The number of halogens is 2. The van der Waals surface area contributed by atoms with Crippen molar-refractivity contribution >= 4 is 21.9 Å². The highest BCUT2D eigenvalue weighted by Gasteiger charge is 2.56. The number of carboxylic acid groups (broad SMARTS) is 1. The first-order valence-electron chi connectivity index (χ1n) is 4.62. The normalized spacial score (nSPS) is 16.6. The third kappa shape index (κ3) is 1.50. The molecule has 0 unspecified atom stereocenters. The summed E-state index contributed by atoms with van der Waals surface area (Å²) in [6.45, 7) is 7.06. The van der Waals surface area contributed by atoms with E-state index in [0.717, 1.165) is 0 Å². The SMILES string of the molecule is [C-]#[N+]C1(c2c(C(=O)O)ccc(Br)c2F)CC1. The van der Waals surface area contributed by atoms with E-state index in [0.29, 0.717) is 12.8 Å². The Morgan fingerprint density at radius 3 is 2.62 bits per heavy atom. The second kappa shape index (κ2) is 3.56. The van der Waals surface area contributed by atoms with Crippen molar-refractivity contribution in [1.29, 1.82) is 0 Å². The molecule has 3 nitrogen and oxygen atoms in total. The molecule has 1 saturated carbocycles. The molecule has 2 rings (SSSR count). The Morgan fingerprint density at radius 1 is 1.56 bits per heavy atom. The maximum atomic E-state index is 13.9. The van der Waals surface area contributed by atoms with Gasteiger partial charge in [0.2, 0.25) is 0 Å². The maximum absolute atomic E-state index is 13.9. The summed E-state index contributed by atoms with van der Waals surface area (Å²) in [5.41, 5.74) is -1.06. The largest absolute Gasteiger partial charge is 0.478 e. The van der Waals surface area contributed by atoms with Crippen molar-refractivity contribution in [2.24, 2.45) is 0 Å². The van der Waals surface area contributed by atoms with Crippen molar-refractivity contribution in [3.8, 4) is 0 Å². The molecular weight excluding hydrogens is 277 g/mol. The molecule has 1 N–H and O–H groups in total. The summed E-state index contributed by atoms with van der Waals surface area (Å²) in [4.78, 5) is 14.4. The summed E-state index contributed by atoms with van der Waals surface area (Å²) in [6.07, 6.45) is 1.04. The minimum atomic E-state index is -1.20. The highest BCUT2D eigenvalue weighted by atomic mass is 79.9. The molecule has 0 aliphatic heterocycles. The van der Waals surface area contributed by atoms with Crippen LogP contribution in [0.25, 0.3) is 4.85 Å². The molecule has 0 heterocycles. The van der Waals surface area contributed by atoms with Crippen LogP contribution in [0.1, 0.15) is 28.8 Å². The smallest absolute Gasteiger partial charge is 0.336 e. The summed E-state index contributed by atoms with van der Waals surface area (Å²) in [5.74, 6) is -1.83. The zero-order valence-corrected chi connectivity index (χ0v) is 9.71. The van der Waals surface area contributed by atoms with Crippen LogP contribution in [-0.2, 0) is 5.54 Å². The van der Waals surface area contributed by atoms with Crippen molar-refractivity contribution in [3.63, 3.8) is 0 Å². The van der Waals surface area contributed by atoms with Crippen LogP contribution < -0.4 is 0 Å². The van der Waals surface area contributed by atoms with Gasteiger partial charge in [0.05, 0.1) is 15.6 Å². The van der Waals surface area contributed by atoms with Crippen molar-refractivity contribution in [1.82, 2.24) is 0 Å². The van der Waals surface area contributed by atoms with Gasteiger partial charge in [-0.15, -0.1) is 0 Å². The van der Waals surface area contributed by atoms with Gasteiger partial charge in [-0.1, -0.05) is 0 Å². The summed E-state index contributed by atoms with van der Waals surface area (Å²) in [6, 6.07) is 2.68. The topological polar surface area (TPSA) is 41.7 Å². The van der Waals surface area contributed by atoms with Gasteiger partial charge in [-0.05, 0) is 28.1 Å². The van der Waals surface area contributed by atoms with E-state index in [1.54, 1.807) is 0 Å². The van der Waals surface area contributed by atoms with Gasteiger partial charge in [0.15, 0.2) is 0 Å². The van der Waals surface area contributed by atoms with Crippen LogP contribution in [0.5, 0.6) is 0 Å². The highest BCUT2D eigenvalue weighted by Crippen LogP contribution is 2.52. The molecular formula is C11H7BrFNO2. The number of hydrogen-bond donors (Lipinski definition) is 1. The average Bonchev–Trinajstić information content (AvgIpc) is 3.02. The maximum Gasteiger partial charge on any atom is 0.336 e. The summed E-state index contributed by atoms with van der Waals surface area (Å²) < 4.78 is 14.1. The monoisotopic (exact) mass is 283 g/mol. The van der Waals surface area contributed by atoms with Crippen LogP contribution in [-0.4, -0.2) is 11.1 Å². The molecule has 1 fully saturated rings. The van der Waals surface area contributed by atoms with E-state index < -0.39 is 17.3 Å². The molecule has 0 radical (unpaired) electrons. The van der Waals surface area contributed by atoms with Gasteiger partial charge in [-0.3, -0.25) is 0 Å². The van der Waals surface area contributed by atoms with E-state index in [1.165, 1.54) is 12.1 Å². The summed E-state index contributed by atoms with van der Waals surface area (Å²) in [5, 5.41) is 8.98. The van der Waals surface area contributed by atoms with Crippen molar-refractivity contribution < 1.29 is 14.3 Å². The Labute approximate surface area is 99.8 Å². The molecule has 82 valence electrons. The molecule has 0 aromatic heterocycles. The van der Waals surface area contributed by atoms with Crippen molar-refractivity contribution in [2.45, 2.75) is 18.4 Å². The van der Waals surface area contributed by atoms with E-state index in [9.17, 15) is 9.18 Å². The predicted octanol–water partition coefficient (Wildman–Crippen LogP) is 3.19. The molecule has 0 amide bonds.